The van der Waals surface area contributed by atoms with Gasteiger partial charge in [-0.3, -0.25) is 9.36 Å². The third kappa shape index (κ3) is 2.61. The third-order valence-corrected chi connectivity index (χ3v) is 3.28. The molecule has 0 radical (unpaired) electrons. The molecule has 5 nitrogen and oxygen atoms in total. The van der Waals surface area contributed by atoms with Crippen LogP contribution in [0.3, 0.4) is 0 Å². The Kier molecular flexibility index (Phi) is 2.91. The molecule has 0 aromatic carbocycles. The molecule has 0 atom stereocenters. The number of rotatable bonds is 5. The molecule has 0 saturated heterocycles. The second-order valence-corrected chi connectivity index (χ2v) is 5.10. The van der Waals surface area contributed by atoms with Gasteiger partial charge in [-0.2, -0.15) is 10.2 Å². The van der Waals surface area contributed by atoms with Crippen LogP contribution in [0.15, 0.2) is 18.5 Å². The van der Waals surface area contributed by atoms with Gasteiger partial charge in [-0.25, -0.2) is 0 Å². The molecule has 0 aliphatic heterocycles. The van der Waals surface area contributed by atoms with Crippen molar-refractivity contribution in [1.29, 1.82) is 0 Å². The van der Waals surface area contributed by atoms with Crippen molar-refractivity contribution in [2.75, 3.05) is 0 Å². The molecule has 3 rings (SSSR count). The lowest BCUT2D eigenvalue weighted by atomic mass is 10.3. The first kappa shape index (κ1) is 11.5. The number of hydrogen-bond donors (Lipinski definition) is 1. The molecule has 1 saturated carbocycles. The van der Waals surface area contributed by atoms with Gasteiger partial charge in [0.2, 0.25) is 0 Å². The lowest BCUT2D eigenvalue weighted by Gasteiger charge is -2.02. The Bertz CT molecular complexity index is 535. The molecule has 1 aliphatic rings. The maximum absolute atomic E-state index is 4.40. The summed E-state index contributed by atoms with van der Waals surface area (Å²) >= 11 is 0. The number of aromatic nitrogens is 4. The molecule has 1 aliphatic carbocycles. The summed E-state index contributed by atoms with van der Waals surface area (Å²) in [5, 5.41) is 12.2. The van der Waals surface area contributed by atoms with Crippen molar-refractivity contribution in [3.8, 4) is 0 Å². The van der Waals surface area contributed by atoms with E-state index in [1.807, 2.05) is 29.5 Å². The van der Waals surface area contributed by atoms with Crippen molar-refractivity contribution in [2.24, 2.45) is 7.05 Å². The van der Waals surface area contributed by atoms with Crippen LogP contribution in [0.5, 0.6) is 0 Å². The van der Waals surface area contributed by atoms with E-state index < -0.39 is 0 Å². The lowest BCUT2D eigenvalue weighted by Crippen LogP contribution is -2.14. The molecule has 0 unspecified atom stereocenters. The topological polar surface area (TPSA) is 47.7 Å². The Labute approximate surface area is 107 Å². The van der Waals surface area contributed by atoms with Crippen LogP contribution < -0.4 is 5.32 Å². The Morgan fingerprint density at radius 3 is 2.94 bits per heavy atom. The molecule has 0 spiro atoms. The molecule has 2 aromatic rings. The molecule has 0 amide bonds. The highest BCUT2D eigenvalue weighted by Crippen LogP contribution is 2.19. The Balaban J connectivity index is 1.63. The number of nitrogens with one attached hydrogen (secondary N) is 1. The zero-order chi connectivity index (χ0) is 12.5. The van der Waals surface area contributed by atoms with E-state index in [0.29, 0.717) is 0 Å². The monoisotopic (exact) mass is 245 g/mol. The van der Waals surface area contributed by atoms with Gasteiger partial charge in [0.25, 0.3) is 0 Å². The first-order chi connectivity index (χ1) is 8.70. The zero-order valence-corrected chi connectivity index (χ0v) is 10.9. The SMILES string of the molecule is Cc1cc(Cn2cc(CNC3CC3)cn2)n(C)n1. The summed E-state index contributed by atoms with van der Waals surface area (Å²) in [7, 11) is 1.97. The Morgan fingerprint density at radius 2 is 2.28 bits per heavy atom. The van der Waals surface area contributed by atoms with Crippen LogP contribution in [-0.2, 0) is 20.1 Å². The van der Waals surface area contributed by atoms with Gasteiger partial charge >= 0.3 is 0 Å². The van der Waals surface area contributed by atoms with Crippen molar-refractivity contribution in [3.05, 3.63) is 35.4 Å². The van der Waals surface area contributed by atoms with Crippen LogP contribution in [0, 0.1) is 6.92 Å². The second kappa shape index (κ2) is 4.57. The van der Waals surface area contributed by atoms with Crippen LogP contribution in [0.25, 0.3) is 0 Å². The van der Waals surface area contributed by atoms with Gasteiger partial charge < -0.3 is 5.32 Å². The average Bonchev–Trinajstić information content (AvgIpc) is 2.97. The predicted molar refractivity (Wildman–Crippen MR) is 69.1 cm³/mol. The van der Waals surface area contributed by atoms with Crippen LogP contribution in [0.1, 0.15) is 29.8 Å². The van der Waals surface area contributed by atoms with Gasteiger partial charge in [0, 0.05) is 31.4 Å². The van der Waals surface area contributed by atoms with Gasteiger partial charge in [0.05, 0.1) is 24.1 Å². The van der Waals surface area contributed by atoms with Crippen molar-refractivity contribution >= 4 is 0 Å². The summed E-state index contributed by atoms with van der Waals surface area (Å²) in [6, 6.07) is 2.84. The van der Waals surface area contributed by atoms with E-state index in [1.165, 1.54) is 24.1 Å². The van der Waals surface area contributed by atoms with E-state index in [4.69, 9.17) is 0 Å². The molecule has 2 heterocycles. The van der Waals surface area contributed by atoms with E-state index in [0.717, 1.165) is 24.8 Å². The number of nitrogens with zero attached hydrogens (tertiary/aromatic N) is 4. The average molecular weight is 245 g/mol. The Morgan fingerprint density at radius 1 is 1.44 bits per heavy atom. The van der Waals surface area contributed by atoms with E-state index >= 15 is 0 Å². The van der Waals surface area contributed by atoms with E-state index in [-0.39, 0.29) is 0 Å². The van der Waals surface area contributed by atoms with Crippen molar-refractivity contribution < 1.29 is 0 Å². The van der Waals surface area contributed by atoms with Gasteiger partial charge in [-0.15, -0.1) is 0 Å². The molecular formula is C13H19N5. The molecule has 0 bridgehead atoms. The summed E-state index contributed by atoms with van der Waals surface area (Å²) in [5.74, 6) is 0. The van der Waals surface area contributed by atoms with E-state index in [2.05, 4.69) is 27.8 Å². The summed E-state index contributed by atoms with van der Waals surface area (Å²) in [5.41, 5.74) is 3.48. The largest absolute Gasteiger partial charge is 0.310 e. The first-order valence-corrected chi connectivity index (χ1v) is 6.45. The van der Waals surface area contributed by atoms with E-state index in [9.17, 15) is 0 Å². The van der Waals surface area contributed by atoms with Crippen LogP contribution in [0.2, 0.25) is 0 Å². The molecular weight excluding hydrogens is 226 g/mol. The summed E-state index contributed by atoms with van der Waals surface area (Å²) in [6.07, 6.45) is 6.70. The number of aryl methyl sites for hydroxylation is 2. The van der Waals surface area contributed by atoms with Crippen molar-refractivity contribution in [1.82, 2.24) is 24.9 Å². The molecule has 96 valence electrons. The highest BCUT2D eigenvalue weighted by atomic mass is 15.3. The third-order valence-electron chi connectivity index (χ3n) is 3.28. The van der Waals surface area contributed by atoms with Gasteiger partial charge in [-0.1, -0.05) is 0 Å². The maximum atomic E-state index is 4.40. The predicted octanol–water partition coefficient (Wildman–Crippen LogP) is 1.23. The molecule has 1 fully saturated rings. The molecule has 18 heavy (non-hydrogen) atoms. The van der Waals surface area contributed by atoms with Gasteiger partial charge in [0.15, 0.2) is 0 Å². The van der Waals surface area contributed by atoms with Crippen molar-refractivity contribution in [2.45, 2.75) is 38.9 Å². The fourth-order valence-electron chi connectivity index (χ4n) is 2.11. The second-order valence-electron chi connectivity index (χ2n) is 5.10. The van der Waals surface area contributed by atoms with Crippen LogP contribution >= 0.6 is 0 Å². The minimum absolute atomic E-state index is 0.744. The van der Waals surface area contributed by atoms with E-state index in [1.54, 1.807) is 0 Å². The first-order valence-electron chi connectivity index (χ1n) is 6.45. The molecule has 5 heteroatoms. The fraction of sp³-hybridized carbons (Fsp3) is 0.538. The highest BCUT2D eigenvalue weighted by molar-refractivity contribution is 5.10. The molecule has 2 aromatic heterocycles. The lowest BCUT2D eigenvalue weighted by molar-refractivity contribution is 0.617. The fourth-order valence-corrected chi connectivity index (χ4v) is 2.11. The summed E-state index contributed by atoms with van der Waals surface area (Å²) in [6.45, 7) is 3.72. The smallest absolute Gasteiger partial charge is 0.0828 e. The molecule has 1 N–H and O–H groups in total. The summed E-state index contributed by atoms with van der Waals surface area (Å²) in [4.78, 5) is 0. The quantitative estimate of drug-likeness (QED) is 0.861. The summed E-state index contributed by atoms with van der Waals surface area (Å²) < 4.78 is 3.89. The van der Waals surface area contributed by atoms with Crippen LogP contribution in [0.4, 0.5) is 0 Å². The Hall–Kier alpha value is -1.62. The highest BCUT2D eigenvalue weighted by Gasteiger charge is 2.20. The van der Waals surface area contributed by atoms with Gasteiger partial charge in [-0.05, 0) is 25.8 Å². The minimum atomic E-state index is 0.744. The minimum Gasteiger partial charge on any atom is -0.310 e. The maximum Gasteiger partial charge on any atom is 0.0828 e. The van der Waals surface area contributed by atoms with Gasteiger partial charge in [0.1, 0.15) is 0 Å². The standard InChI is InChI=1S/C13H19N5/c1-10-5-13(17(2)16-10)9-18-8-11(7-15-18)6-14-12-3-4-12/h5,7-8,12,14H,3-4,6,9H2,1-2H3. The van der Waals surface area contributed by atoms with Crippen LogP contribution in [-0.4, -0.2) is 25.6 Å². The number of hydrogen-bond acceptors (Lipinski definition) is 3. The zero-order valence-electron chi connectivity index (χ0n) is 10.9. The normalized spacial score (nSPS) is 15.2. The van der Waals surface area contributed by atoms with Crippen molar-refractivity contribution in [3.63, 3.8) is 0 Å².